The minimum atomic E-state index is -0.926. The molecule has 0 aromatic carbocycles. The molecule has 2 heterocycles. The number of pyridine rings is 1. The Morgan fingerprint density at radius 3 is 2.94 bits per heavy atom. The van der Waals surface area contributed by atoms with Crippen LogP contribution in [0.4, 0.5) is 4.39 Å². The lowest BCUT2D eigenvalue weighted by Gasteiger charge is -2.25. The van der Waals surface area contributed by atoms with Crippen LogP contribution in [0.3, 0.4) is 0 Å². The fraction of sp³-hybridized carbons (Fsp3) is 0.643. The van der Waals surface area contributed by atoms with Crippen molar-refractivity contribution in [2.75, 3.05) is 19.7 Å². The molecule has 0 aliphatic carbocycles. The average molecular weight is 252 g/mol. The Hall–Kier alpha value is -1.16. The maximum atomic E-state index is 14.4. The molecule has 1 N–H and O–H groups in total. The second-order valence-electron chi connectivity index (χ2n) is 4.79. The number of rotatable bonds is 5. The maximum Gasteiger partial charge on any atom is 0.137 e. The Kier molecular flexibility index (Phi) is 4.93. The summed E-state index contributed by atoms with van der Waals surface area (Å²) in [5, 5.41) is 3.25. The maximum absolute atomic E-state index is 14.4. The van der Waals surface area contributed by atoms with E-state index in [4.69, 9.17) is 4.74 Å². The van der Waals surface area contributed by atoms with Gasteiger partial charge in [-0.05, 0) is 44.3 Å². The van der Waals surface area contributed by atoms with Gasteiger partial charge < -0.3 is 10.1 Å². The van der Waals surface area contributed by atoms with Crippen molar-refractivity contribution >= 4 is 0 Å². The van der Waals surface area contributed by atoms with Gasteiger partial charge in [-0.2, -0.15) is 0 Å². The highest BCUT2D eigenvalue weighted by atomic mass is 19.1. The van der Waals surface area contributed by atoms with Gasteiger partial charge in [-0.25, -0.2) is 4.39 Å². The second-order valence-corrected chi connectivity index (χ2v) is 4.79. The normalized spacial score (nSPS) is 18.6. The predicted molar refractivity (Wildman–Crippen MR) is 69.5 cm³/mol. The van der Waals surface area contributed by atoms with E-state index in [1.807, 2.05) is 6.92 Å². The van der Waals surface area contributed by atoms with Crippen LogP contribution in [-0.2, 0) is 0 Å². The number of alkyl halides is 1. The van der Waals surface area contributed by atoms with Crippen LogP contribution in [0.15, 0.2) is 18.5 Å². The molecule has 1 aromatic heterocycles. The zero-order valence-corrected chi connectivity index (χ0v) is 10.9. The third-order valence-corrected chi connectivity index (χ3v) is 3.32. The first-order chi connectivity index (χ1) is 8.81. The SMILES string of the molecule is CCCOc1cncc(C(F)C2CCNCC2)c1. The Morgan fingerprint density at radius 1 is 1.44 bits per heavy atom. The van der Waals surface area contributed by atoms with Crippen LogP contribution in [0, 0.1) is 5.92 Å². The molecule has 1 fully saturated rings. The molecule has 18 heavy (non-hydrogen) atoms. The molecule has 1 unspecified atom stereocenters. The fourth-order valence-corrected chi connectivity index (χ4v) is 2.29. The Morgan fingerprint density at radius 2 is 2.22 bits per heavy atom. The molecule has 100 valence electrons. The van der Waals surface area contributed by atoms with E-state index in [1.165, 1.54) is 0 Å². The fourth-order valence-electron chi connectivity index (χ4n) is 2.29. The number of halogens is 1. The number of ether oxygens (including phenoxy) is 1. The topological polar surface area (TPSA) is 34.1 Å². The third-order valence-electron chi connectivity index (χ3n) is 3.32. The lowest BCUT2D eigenvalue weighted by atomic mass is 9.90. The van der Waals surface area contributed by atoms with E-state index < -0.39 is 6.17 Å². The summed E-state index contributed by atoms with van der Waals surface area (Å²) in [6.07, 6.45) is 5.06. The summed E-state index contributed by atoms with van der Waals surface area (Å²) >= 11 is 0. The van der Waals surface area contributed by atoms with E-state index in [9.17, 15) is 4.39 Å². The zero-order chi connectivity index (χ0) is 12.8. The molecular weight excluding hydrogens is 231 g/mol. The largest absolute Gasteiger partial charge is 0.492 e. The molecule has 1 aromatic rings. The van der Waals surface area contributed by atoms with E-state index in [2.05, 4.69) is 10.3 Å². The summed E-state index contributed by atoms with van der Waals surface area (Å²) in [7, 11) is 0. The quantitative estimate of drug-likeness (QED) is 0.875. The smallest absolute Gasteiger partial charge is 0.137 e. The summed E-state index contributed by atoms with van der Waals surface area (Å²) in [4.78, 5) is 4.07. The van der Waals surface area contributed by atoms with E-state index >= 15 is 0 Å². The van der Waals surface area contributed by atoms with Crippen molar-refractivity contribution in [2.24, 2.45) is 5.92 Å². The van der Waals surface area contributed by atoms with Crippen molar-refractivity contribution in [3.8, 4) is 5.75 Å². The van der Waals surface area contributed by atoms with Gasteiger partial charge in [-0.1, -0.05) is 6.92 Å². The van der Waals surface area contributed by atoms with Gasteiger partial charge in [0.05, 0.1) is 12.8 Å². The molecule has 2 rings (SSSR count). The van der Waals surface area contributed by atoms with E-state index in [1.54, 1.807) is 18.5 Å². The van der Waals surface area contributed by atoms with Crippen molar-refractivity contribution in [2.45, 2.75) is 32.4 Å². The molecule has 1 aliphatic heterocycles. The Labute approximate surface area is 108 Å². The van der Waals surface area contributed by atoms with E-state index in [0.717, 1.165) is 32.4 Å². The molecule has 0 radical (unpaired) electrons. The second kappa shape index (κ2) is 6.69. The van der Waals surface area contributed by atoms with Crippen LogP contribution < -0.4 is 10.1 Å². The van der Waals surface area contributed by atoms with Gasteiger partial charge in [0.2, 0.25) is 0 Å². The summed E-state index contributed by atoms with van der Waals surface area (Å²) in [6.45, 7) is 4.51. The van der Waals surface area contributed by atoms with Crippen molar-refractivity contribution < 1.29 is 9.13 Å². The summed E-state index contributed by atoms with van der Waals surface area (Å²) in [5.41, 5.74) is 0.649. The van der Waals surface area contributed by atoms with Gasteiger partial charge in [0.15, 0.2) is 0 Å². The van der Waals surface area contributed by atoms with Gasteiger partial charge in [0, 0.05) is 11.8 Å². The van der Waals surface area contributed by atoms with Gasteiger partial charge in [0.1, 0.15) is 11.9 Å². The molecule has 4 heteroatoms. The first-order valence-corrected chi connectivity index (χ1v) is 6.73. The van der Waals surface area contributed by atoms with Gasteiger partial charge in [0.25, 0.3) is 0 Å². The van der Waals surface area contributed by atoms with Crippen LogP contribution in [0.1, 0.15) is 37.9 Å². The molecule has 1 atom stereocenters. The monoisotopic (exact) mass is 252 g/mol. The predicted octanol–water partition coefficient (Wildman–Crippen LogP) is 2.88. The summed E-state index contributed by atoms with van der Waals surface area (Å²) in [6, 6.07) is 1.79. The van der Waals surface area contributed by atoms with Crippen LogP contribution >= 0.6 is 0 Å². The molecular formula is C14H21FN2O. The van der Waals surface area contributed by atoms with Crippen molar-refractivity contribution in [3.63, 3.8) is 0 Å². The number of aromatic nitrogens is 1. The number of hydrogen-bond donors (Lipinski definition) is 1. The standard InChI is InChI=1S/C14H21FN2O/c1-2-7-18-13-8-12(9-17-10-13)14(15)11-3-5-16-6-4-11/h8-11,14,16H,2-7H2,1H3. The molecule has 1 aliphatic rings. The van der Waals surface area contributed by atoms with Crippen molar-refractivity contribution in [1.82, 2.24) is 10.3 Å². The number of nitrogens with zero attached hydrogens (tertiary/aromatic N) is 1. The number of hydrogen-bond acceptors (Lipinski definition) is 3. The minimum absolute atomic E-state index is 0.106. The Balaban J connectivity index is 2.02. The van der Waals surface area contributed by atoms with Crippen LogP contribution in [0.25, 0.3) is 0 Å². The van der Waals surface area contributed by atoms with E-state index in [0.29, 0.717) is 17.9 Å². The number of piperidine rings is 1. The lowest BCUT2D eigenvalue weighted by molar-refractivity contribution is 0.189. The molecule has 0 spiro atoms. The van der Waals surface area contributed by atoms with Crippen LogP contribution in [-0.4, -0.2) is 24.7 Å². The van der Waals surface area contributed by atoms with E-state index in [-0.39, 0.29) is 5.92 Å². The van der Waals surface area contributed by atoms with Crippen molar-refractivity contribution in [3.05, 3.63) is 24.0 Å². The third kappa shape index (κ3) is 3.42. The summed E-state index contributed by atoms with van der Waals surface area (Å²) in [5.74, 6) is 0.778. The molecule has 1 saturated heterocycles. The highest BCUT2D eigenvalue weighted by Crippen LogP contribution is 2.33. The molecule has 0 amide bonds. The van der Waals surface area contributed by atoms with Crippen LogP contribution in [0.5, 0.6) is 5.75 Å². The Bertz CT molecular complexity index is 367. The summed E-state index contributed by atoms with van der Waals surface area (Å²) < 4.78 is 19.9. The molecule has 0 bridgehead atoms. The molecule has 3 nitrogen and oxygen atoms in total. The number of nitrogens with one attached hydrogen (secondary N) is 1. The highest BCUT2D eigenvalue weighted by molar-refractivity contribution is 5.25. The lowest BCUT2D eigenvalue weighted by Crippen LogP contribution is -2.29. The minimum Gasteiger partial charge on any atom is -0.492 e. The van der Waals surface area contributed by atoms with Gasteiger partial charge in [-0.15, -0.1) is 0 Å². The van der Waals surface area contributed by atoms with Crippen molar-refractivity contribution in [1.29, 1.82) is 0 Å². The molecule has 0 saturated carbocycles. The average Bonchev–Trinajstić information content (AvgIpc) is 2.45. The van der Waals surface area contributed by atoms with Crippen LogP contribution in [0.2, 0.25) is 0 Å². The first kappa shape index (κ1) is 13.3. The van der Waals surface area contributed by atoms with Gasteiger partial charge in [-0.3, -0.25) is 4.98 Å². The zero-order valence-electron chi connectivity index (χ0n) is 10.9. The first-order valence-electron chi connectivity index (χ1n) is 6.73. The highest BCUT2D eigenvalue weighted by Gasteiger charge is 2.25. The van der Waals surface area contributed by atoms with Gasteiger partial charge >= 0.3 is 0 Å².